The molecule has 0 saturated carbocycles. The number of anilines is 1. The third-order valence-electron chi connectivity index (χ3n) is 5.75. The van der Waals surface area contributed by atoms with E-state index in [-0.39, 0.29) is 12.5 Å². The highest BCUT2D eigenvalue weighted by Gasteiger charge is 2.15. The van der Waals surface area contributed by atoms with Crippen LogP contribution >= 0.6 is 0 Å². The SMILES string of the molecule is COC(=O)CN(C)c1cc(-c2ccccc2)c2cc(CCN3CCOCC3)ccc2n1. The number of ether oxygens (including phenoxy) is 2. The van der Waals surface area contributed by atoms with Crippen molar-refractivity contribution >= 4 is 22.7 Å². The number of methoxy groups -OCH3 is 1. The van der Waals surface area contributed by atoms with Crippen molar-refractivity contribution in [2.24, 2.45) is 0 Å². The van der Waals surface area contributed by atoms with Gasteiger partial charge in [-0.05, 0) is 41.3 Å². The Hall–Kier alpha value is -2.96. The molecule has 3 aromatic rings. The van der Waals surface area contributed by atoms with Crippen molar-refractivity contribution in [2.45, 2.75) is 6.42 Å². The van der Waals surface area contributed by atoms with Crippen molar-refractivity contribution in [3.63, 3.8) is 0 Å². The minimum absolute atomic E-state index is 0.154. The number of fused-ring (bicyclic) bond motifs is 1. The quantitative estimate of drug-likeness (QED) is 0.547. The van der Waals surface area contributed by atoms with Crippen molar-refractivity contribution in [1.82, 2.24) is 9.88 Å². The standard InChI is InChI=1S/C25H29N3O3/c1-27(18-25(29)30-2)24-17-21(20-6-4-3-5-7-20)22-16-19(8-9-23(22)26-24)10-11-28-12-14-31-15-13-28/h3-9,16-17H,10-15,18H2,1-2H3. The van der Waals surface area contributed by atoms with Crippen LogP contribution in [0.4, 0.5) is 5.82 Å². The van der Waals surface area contributed by atoms with Gasteiger partial charge in [0.25, 0.3) is 0 Å². The summed E-state index contributed by atoms with van der Waals surface area (Å²) in [5.41, 5.74) is 4.47. The molecule has 0 unspecified atom stereocenters. The van der Waals surface area contributed by atoms with Crippen LogP contribution in [0.5, 0.6) is 0 Å². The Morgan fingerprint density at radius 3 is 2.65 bits per heavy atom. The Bertz CT molecular complexity index is 1030. The number of morpholine rings is 1. The van der Waals surface area contributed by atoms with Crippen molar-refractivity contribution < 1.29 is 14.3 Å². The van der Waals surface area contributed by atoms with E-state index in [1.54, 1.807) is 0 Å². The third-order valence-corrected chi connectivity index (χ3v) is 5.75. The van der Waals surface area contributed by atoms with Gasteiger partial charge >= 0.3 is 5.97 Å². The van der Waals surface area contributed by atoms with Crippen molar-refractivity contribution in [1.29, 1.82) is 0 Å². The van der Waals surface area contributed by atoms with E-state index in [2.05, 4.69) is 41.3 Å². The fraction of sp³-hybridized carbons (Fsp3) is 0.360. The molecular formula is C25H29N3O3. The molecule has 0 spiro atoms. The van der Waals surface area contributed by atoms with Gasteiger partial charge in [-0.2, -0.15) is 0 Å². The maximum atomic E-state index is 11.8. The molecule has 0 radical (unpaired) electrons. The second-order valence-electron chi connectivity index (χ2n) is 7.88. The first-order valence-corrected chi connectivity index (χ1v) is 10.7. The van der Waals surface area contributed by atoms with Crippen LogP contribution in [-0.2, 0) is 20.7 Å². The zero-order valence-corrected chi connectivity index (χ0v) is 18.2. The number of benzene rings is 2. The van der Waals surface area contributed by atoms with Crippen LogP contribution in [0.25, 0.3) is 22.0 Å². The third kappa shape index (κ3) is 5.21. The fourth-order valence-electron chi connectivity index (χ4n) is 3.92. The number of carbonyl (C=O) groups is 1. The van der Waals surface area contributed by atoms with Gasteiger partial charge in [0.1, 0.15) is 12.4 Å². The number of hydrogen-bond acceptors (Lipinski definition) is 6. The monoisotopic (exact) mass is 419 g/mol. The summed E-state index contributed by atoms with van der Waals surface area (Å²) in [5.74, 6) is 0.460. The lowest BCUT2D eigenvalue weighted by atomic mass is 9.98. The second kappa shape index (κ2) is 9.90. The molecule has 2 aromatic carbocycles. The largest absolute Gasteiger partial charge is 0.468 e. The van der Waals surface area contributed by atoms with E-state index in [9.17, 15) is 4.79 Å². The van der Waals surface area contributed by atoms with Gasteiger partial charge in [0.2, 0.25) is 0 Å². The molecule has 0 N–H and O–H groups in total. The predicted octanol–water partition coefficient (Wildman–Crippen LogP) is 3.39. The number of aromatic nitrogens is 1. The molecule has 1 aromatic heterocycles. The normalized spacial score (nSPS) is 14.5. The molecule has 1 aliphatic rings. The van der Waals surface area contributed by atoms with E-state index >= 15 is 0 Å². The Morgan fingerprint density at radius 2 is 1.90 bits per heavy atom. The highest BCUT2D eigenvalue weighted by molar-refractivity contribution is 5.96. The molecule has 0 bridgehead atoms. The Labute approximate surface area is 183 Å². The lowest BCUT2D eigenvalue weighted by Gasteiger charge is -2.26. The van der Waals surface area contributed by atoms with Crippen molar-refractivity contribution in [2.75, 3.05) is 58.5 Å². The summed E-state index contributed by atoms with van der Waals surface area (Å²) in [7, 11) is 3.26. The van der Waals surface area contributed by atoms with Gasteiger partial charge in [0.15, 0.2) is 0 Å². The molecule has 0 amide bonds. The Balaban J connectivity index is 1.68. The lowest BCUT2D eigenvalue weighted by Crippen LogP contribution is -2.37. The number of pyridine rings is 1. The summed E-state index contributed by atoms with van der Waals surface area (Å²) in [5, 5.41) is 1.13. The Morgan fingerprint density at radius 1 is 1.13 bits per heavy atom. The molecule has 0 aliphatic carbocycles. The highest BCUT2D eigenvalue weighted by Crippen LogP contribution is 2.32. The molecule has 31 heavy (non-hydrogen) atoms. The molecular weight excluding hydrogens is 390 g/mol. The number of esters is 1. The van der Waals surface area contributed by atoms with E-state index < -0.39 is 0 Å². The van der Waals surface area contributed by atoms with E-state index in [0.29, 0.717) is 0 Å². The smallest absolute Gasteiger partial charge is 0.325 e. The van der Waals surface area contributed by atoms with Gasteiger partial charge in [-0.15, -0.1) is 0 Å². The van der Waals surface area contributed by atoms with Crippen LogP contribution < -0.4 is 4.90 Å². The summed E-state index contributed by atoms with van der Waals surface area (Å²) >= 11 is 0. The van der Waals surface area contributed by atoms with Crippen LogP contribution in [0.1, 0.15) is 5.56 Å². The number of likely N-dealkylation sites (N-methyl/N-ethyl adjacent to an activating group) is 1. The zero-order valence-electron chi connectivity index (χ0n) is 18.2. The van der Waals surface area contributed by atoms with Gasteiger partial charge < -0.3 is 14.4 Å². The Kier molecular flexibility index (Phi) is 6.79. The number of nitrogens with zero attached hydrogens (tertiary/aromatic N) is 3. The van der Waals surface area contributed by atoms with Gasteiger partial charge in [-0.3, -0.25) is 9.69 Å². The number of carbonyl (C=O) groups excluding carboxylic acids is 1. The predicted molar refractivity (Wildman–Crippen MR) is 123 cm³/mol. The molecule has 162 valence electrons. The molecule has 6 nitrogen and oxygen atoms in total. The summed E-state index contributed by atoms with van der Waals surface area (Å²) < 4.78 is 10.3. The fourth-order valence-corrected chi connectivity index (χ4v) is 3.92. The van der Waals surface area contributed by atoms with Crippen LogP contribution in [0, 0.1) is 0 Å². The van der Waals surface area contributed by atoms with Gasteiger partial charge in [0, 0.05) is 32.1 Å². The second-order valence-corrected chi connectivity index (χ2v) is 7.88. The highest BCUT2D eigenvalue weighted by atomic mass is 16.5. The van der Waals surface area contributed by atoms with Gasteiger partial charge in [-0.1, -0.05) is 36.4 Å². The molecule has 0 atom stereocenters. The first kappa shape index (κ1) is 21.3. The topological polar surface area (TPSA) is 54.9 Å². The van der Waals surface area contributed by atoms with Gasteiger partial charge in [-0.25, -0.2) is 4.98 Å². The van der Waals surface area contributed by atoms with E-state index in [0.717, 1.165) is 67.1 Å². The molecule has 4 rings (SSSR count). The maximum Gasteiger partial charge on any atom is 0.325 e. The summed E-state index contributed by atoms with van der Waals surface area (Å²) in [4.78, 5) is 20.9. The van der Waals surface area contributed by atoms with Gasteiger partial charge in [0.05, 0.1) is 25.8 Å². The van der Waals surface area contributed by atoms with Crippen molar-refractivity contribution in [3.05, 3.63) is 60.2 Å². The van der Waals surface area contributed by atoms with Crippen LogP contribution in [-0.4, -0.2) is 69.4 Å². The lowest BCUT2D eigenvalue weighted by molar-refractivity contribution is -0.138. The maximum absolute atomic E-state index is 11.8. The average Bonchev–Trinajstić information content (AvgIpc) is 2.83. The van der Waals surface area contributed by atoms with Crippen molar-refractivity contribution in [3.8, 4) is 11.1 Å². The van der Waals surface area contributed by atoms with E-state index in [4.69, 9.17) is 14.5 Å². The minimum Gasteiger partial charge on any atom is -0.468 e. The van der Waals surface area contributed by atoms with E-state index in [1.807, 2.05) is 30.1 Å². The van der Waals surface area contributed by atoms with Crippen LogP contribution in [0.2, 0.25) is 0 Å². The summed E-state index contributed by atoms with van der Waals surface area (Å²) in [6, 6.07) is 18.9. The average molecular weight is 420 g/mol. The summed E-state index contributed by atoms with van der Waals surface area (Å²) in [6.45, 7) is 4.83. The molecule has 1 fully saturated rings. The minimum atomic E-state index is -0.288. The molecule has 1 saturated heterocycles. The summed E-state index contributed by atoms with van der Waals surface area (Å²) in [6.07, 6.45) is 0.994. The number of hydrogen-bond donors (Lipinski definition) is 0. The molecule has 1 aliphatic heterocycles. The first-order chi connectivity index (χ1) is 15.1. The number of rotatable bonds is 7. The van der Waals surface area contributed by atoms with Crippen LogP contribution in [0.15, 0.2) is 54.6 Å². The first-order valence-electron chi connectivity index (χ1n) is 10.7. The molecule has 6 heteroatoms. The zero-order chi connectivity index (χ0) is 21.6. The van der Waals surface area contributed by atoms with Crippen LogP contribution in [0.3, 0.4) is 0 Å². The van der Waals surface area contributed by atoms with E-state index in [1.165, 1.54) is 12.7 Å². The molecule has 2 heterocycles.